The van der Waals surface area contributed by atoms with E-state index in [0.717, 1.165) is 55.6 Å². The summed E-state index contributed by atoms with van der Waals surface area (Å²) in [6, 6.07) is 45.7. The van der Waals surface area contributed by atoms with Gasteiger partial charge >= 0.3 is 0 Å². The van der Waals surface area contributed by atoms with Crippen molar-refractivity contribution in [1.82, 2.24) is 24.3 Å². The molecule has 188 valence electrons. The largest absolute Gasteiger partial charge is 0.293 e. The number of para-hydroxylation sites is 2. The van der Waals surface area contributed by atoms with Gasteiger partial charge in [0.05, 0.1) is 34.1 Å². The van der Waals surface area contributed by atoms with Crippen LogP contribution in [0.15, 0.2) is 140 Å². The molecule has 0 bridgehead atoms. The van der Waals surface area contributed by atoms with Gasteiger partial charge in [-0.3, -0.25) is 4.57 Å². The summed E-state index contributed by atoms with van der Waals surface area (Å²) in [6.07, 6.45) is 1.97. The van der Waals surface area contributed by atoms with Crippen molar-refractivity contribution in [2.45, 2.75) is 0 Å². The standard InChI is InChI=1S/C35H23N5/c1-4-12-24(13-5-1)30-22-33(38-35(37-30)25-14-6-2-7-15-25)39-31-19-11-10-18-27(31)28-20-21-32-29(34(28)39)23-36-40(32)26-16-8-3-9-17-26/h1-23H. The average molecular weight is 514 g/mol. The Morgan fingerprint density at radius 1 is 0.500 bits per heavy atom. The van der Waals surface area contributed by atoms with Gasteiger partial charge in [0.1, 0.15) is 5.82 Å². The lowest BCUT2D eigenvalue weighted by atomic mass is 10.1. The van der Waals surface area contributed by atoms with Crippen LogP contribution >= 0.6 is 0 Å². The minimum atomic E-state index is 0.690. The molecule has 0 amide bonds. The van der Waals surface area contributed by atoms with Crippen LogP contribution in [0.3, 0.4) is 0 Å². The molecule has 3 heterocycles. The van der Waals surface area contributed by atoms with Crippen molar-refractivity contribution in [2.24, 2.45) is 0 Å². The molecule has 0 aliphatic rings. The summed E-state index contributed by atoms with van der Waals surface area (Å²) in [5.41, 5.74) is 7.15. The van der Waals surface area contributed by atoms with E-state index in [1.165, 1.54) is 5.39 Å². The van der Waals surface area contributed by atoms with Crippen LogP contribution in [0.25, 0.3) is 66.9 Å². The predicted molar refractivity (Wildman–Crippen MR) is 162 cm³/mol. The van der Waals surface area contributed by atoms with Gasteiger partial charge in [0, 0.05) is 33.4 Å². The lowest BCUT2D eigenvalue weighted by Gasteiger charge is -2.12. The third kappa shape index (κ3) is 3.52. The molecule has 5 aromatic carbocycles. The van der Waals surface area contributed by atoms with Crippen LogP contribution in [0, 0.1) is 0 Å². The Morgan fingerprint density at radius 2 is 1.18 bits per heavy atom. The van der Waals surface area contributed by atoms with E-state index in [4.69, 9.17) is 15.1 Å². The van der Waals surface area contributed by atoms with E-state index in [1.807, 2.05) is 65.5 Å². The Kier molecular flexibility index (Phi) is 5.07. The highest BCUT2D eigenvalue weighted by molar-refractivity contribution is 6.18. The molecular formula is C35H23N5. The number of nitrogens with zero attached hydrogens (tertiary/aromatic N) is 5. The number of rotatable bonds is 4. The quantitative estimate of drug-likeness (QED) is 0.238. The van der Waals surface area contributed by atoms with Crippen molar-refractivity contribution in [3.63, 3.8) is 0 Å². The van der Waals surface area contributed by atoms with Gasteiger partial charge in [0.25, 0.3) is 0 Å². The molecule has 0 fully saturated rings. The van der Waals surface area contributed by atoms with Crippen molar-refractivity contribution < 1.29 is 0 Å². The third-order valence-electron chi connectivity index (χ3n) is 7.43. The Hall–Kier alpha value is -5.55. The van der Waals surface area contributed by atoms with Crippen molar-refractivity contribution >= 4 is 32.7 Å². The normalized spacial score (nSPS) is 11.5. The second-order valence-corrected chi connectivity index (χ2v) is 9.81. The van der Waals surface area contributed by atoms with Crippen LogP contribution in [0.4, 0.5) is 0 Å². The zero-order valence-corrected chi connectivity index (χ0v) is 21.5. The van der Waals surface area contributed by atoms with E-state index in [0.29, 0.717) is 5.82 Å². The molecule has 8 rings (SSSR count). The number of hydrogen-bond donors (Lipinski definition) is 0. The zero-order chi connectivity index (χ0) is 26.5. The smallest absolute Gasteiger partial charge is 0.162 e. The Balaban J connectivity index is 1.48. The highest BCUT2D eigenvalue weighted by atomic mass is 15.3. The maximum absolute atomic E-state index is 5.17. The van der Waals surface area contributed by atoms with Crippen LogP contribution < -0.4 is 0 Å². The Bertz CT molecular complexity index is 2090. The summed E-state index contributed by atoms with van der Waals surface area (Å²) in [6.45, 7) is 0. The first-order chi connectivity index (χ1) is 19.8. The van der Waals surface area contributed by atoms with Crippen molar-refractivity contribution in [3.05, 3.63) is 140 Å². The number of benzene rings is 5. The SMILES string of the molecule is c1ccc(-c2cc(-n3c4ccccc4c4ccc5c(cnn5-c5ccccc5)c43)nc(-c3ccccc3)n2)cc1. The summed E-state index contributed by atoms with van der Waals surface area (Å²) < 4.78 is 4.27. The molecule has 0 N–H and O–H groups in total. The van der Waals surface area contributed by atoms with Gasteiger partial charge in [-0.1, -0.05) is 97.1 Å². The third-order valence-corrected chi connectivity index (χ3v) is 7.43. The highest BCUT2D eigenvalue weighted by Crippen LogP contribution is 2.37. The minimum absolute atomic E-state index is 0.690. The fourth-order valence-corrected chi connectivity index (χ4v) is 5.60. The summed E-state index contributed by atoms with van der Waals surface area (Å²) in [5, 5.41) is 8.23. The monoisotopic (exact) mass is 513 g/mol. The van der Waals surface area contributed by atoms with Crippen molar-refractivity contribution in [3.8, 4) is 34.2 Å². The molecular weight excluding hydrogens is 490 g/mol. The van der Waals surface area contributed by atoms with Gasteiger partial charge in [-0.25, -0.2) is 14.6 Å². The molecule has 0 atom stereocenters. The lowest BCUT2D eigenvalue weighted by molar-refractivity contribution is 0.911. The lowest BCUT2D eigenvalue weighted by Crippen LogP contribution is -2.02. The Labute approximate surface area is 230 Å². The van der Waals surface area contributed by atoms with Crippen LogP contribution in [0.1, 0.15) is 0 Å². The maximum Gasteiger partial charge on any atom is 0.162 e. The van der Waals surface area contributed by atoms with Gasteiger partial charge in [0.15, 0.2) is 5.82 Å². The number of fused-ring (bicyclic) bond motifs is 5. The summed E-state index contributed by atoms with van der Waals surface area (Å²) in [5.74, 6) is 1.51. The first-order valence-electron chi connectivity index (χ1n) is 13.3. The maximum atomic E-state index is 5.17. The number of aromatic nitrogens is 5. The minimum Gasteiger partial charge on any atom is -0.293 e. The summed E-state index contributed by atoms with van der Waals surface area (Å²) in [4.78, 5) is 10.2. The van der Waals surface area contributed by atoms with Gasteiger partial charge in [-0.2, -0.15) is 5.10 Å². The van der Waals surface area contributed by atoms with Gasteiger partial charge in [0.2, 0.25) is 0 Å². The van der Waals surface area contributed by atoms with E-state index in [1.54, 1.807) is 0 Å². The highest BCUT2D eigenvalue weighted by Gasteiger charge is 2.19. The molecule has 5 nitrogen and oxygen atoms in total. The fourth-order valence-electron chi connectivity index (χ4n) is 5.60. The Morgan fingerprint density at radius 3 is 1.95 bits per heavy atom. The molecule has 0 saturated heterocycles. The summed E-state index contributed by atoms with van der Waals surface area (Å²) >= 11 is 0. The number of hydrogen-bond acceptors (Lipinski definition) is 3. The first-order valence-corrected chi connectivity index (χ1v) is 13.3. The van der Waals surface area contributed by atoms with E-state index >= 15 is 0 Å². The van der Waals surface area contributed by atoms with Crippen LogP contribution in [-0.4, -0.2) is 24.3 Å². The molecule has 0 spiro atoms. The second kappa shape index (κ2) is 9.03. The molecule has 8 aromatic rings. The van der Waals surface area contributed by atoms with Crippen LogP contribution in [0.5, 0.6) is 0 Å². The first kappa shape index (κ1) is 22.4. The van der Waals surface area contributed by atoms with Gasteiger partial charge in [-0.15, -0.1) is 0 Å². The molecule has 0 radical (unpaired) electrons. The average Bonchev–Trinajstić information content (AvgIpc) is 3.62. The fraction of sp³-hybridized carbons (Fsp3) is 0. The van der Waals surface area contributed by atoms with Crippen LogP contribution in [-0.2, 0) is 0 Å². The predicted octanol–water partition coefficient (Wildman–Crippen LogP) is 8.25. The second-order valence-electron chi connectivity index (χ2n) is 9.81. The molecule has 5 heteroatoms. The van der Waals surface area contributed by atoms with E-state index in [2.05, 4.69) is 83.4 Å². The molecule has 0 aliphatic heterocycles. The molecule has 0 saturated carbocycles. The van der Waals surface area contributed by atoms with Crippen molar-refractivity contribution in [2.75, 3.05) is 0 Å². The molecule has 0 aliphatic carbocycles. The van der Waals surface area contributed by atoms with Gasteiger partial charge in [-0.05, 0) is 30.3 Å². The van der Waals surface area contributed by atoms with Crippen LogP contribution in [0.2, 0.25) is 0 Å². The van der Waals surface area contributed by atoms with E-state index in [-0.39, 0.29) is 0 Å². The molecule has 40 heavy (non-hydrogen) atoms. The van der Waals surface area contributed by atoms with E-state index in [9.17, 15) is 0 Å². The molecule has 0 unspecified atom stereocenters. The zero-order valence-electron chi connectivity index (χ0n) is 21.5. The van der Waals surface area contributed by atoms with Gasteiger partial charge < -0.3 is 0 Å². The summed E-state index contributed by atoms with van der Waals surface area (Å²) in [7, 11) is 0. The van der Waals surface area contributed by atoms with E-state index < -0.39 is 0 Å². The van der Waals surface area contributed by atoms with Crippen molar-refractivity contribution in [1.29, 1.82) is 0 Å². The molecule has 3 aromatic heterocycles. The topological polar surface area (TPSA) is 48.5 Å².